The van der Waals surface area contributed by atoms with Crippen LogP contribution >= 0.6 is 12.2 Å². The number of carbonyl (C=O) groups excluding carboxylic acids is 1. The molecule has 2 aromatic carbocycles. The fourth-order valence-electron chi connectivity index (χ4n) is 3.73. The number of benzene rings is 2. The molecule has 0 aliphatic heterocycles. The summed E-state index contributed by atoms with van der Waals surface area (Å²) in [7, 11) is 0. The molecule has 0 radical (unpaired) electrons. The van der Waals surface area contributed by atoms with Crippen LogP contribution in [0.5, 0.6) is 0 Å². The quantitative estimate of drug-likeness (QED) is 0.308. The highest BCUT2D eigenvalue weighted by Gasteiger charge is 2.22. The van der Waals surface area contributed by atoms with Gasteiger partial charge in [0.1, 0.15) is 5.56 Å². The molecule has 0 aliphatic carbocycles. The van der Waals surface area contributed by atoms with Gasteiger partial charge in [-0.15, -0.1) is 0 Å². The van der Waals surface area contributed by atoms with Crippen LogP contribution in [0.1, 0.15) is 34.0 Å². The molecule has 4 rings (SSSR count). The lowest BCUT2D eigenvalue weighted by atomic mass is 10.0. The number of hydrogen-bond donors (Lipinski definition) is 2. The third kappa shape index (κ3) is 4.70. The molecule has 0 saturated carbocycles. The summed E-state index contributed by atoms with van der Waals surface area (Å²) in [5.41, 5.74) is 5.30. The molecule has 4 aromatic rings. The third-order valence-corrected chi connectivity index (χ3v) is 5.39. The third-order valence-electron chi connectivity index (χ3n) is 5.19. The van der Waals surface area contributed by atoms with Crippen molar-refractivity contribution in [3.8, 4) is 5.82 Å². The van der Waals surface area contributed by atoms with Crippen LogP contribution in [-0.4, -0.2) is 32.5 Å². The van der Waals surface area contributed by atoms with Crippen molar-refractivity contribution in [3.05, 3.63) is 77.0 Å². The number of ether oxygens (including phenoxy) is 1. The summed E-state index contributed by atoms with van der Waals surface area (Å²) in [4.78, 5) is 17.5. The summed E-state index contributed by atoms with van der Waals surface area (Å²) in [5.74, 6) is 0.475. The second-order valence-corrected chi connectivity index (χ2v) is 8.17. The van der Waals surface area contributed by atoms with Gasteiger partial charge in [-0.2, -0.15) is 9.78 Å². The molecule has 0 aliphatic rings. The number of esters is 1. The average Bonchev–Trinajstić information content (AvgIpc) is 3.18. The molecule has 2 N–H and O–H groups in total. The smallest absolute Gasteiger partial charge is 0.343 e. The normalized spacial score (nSPS) is 10.8. The van der Waals surface area contributed by atoms with Crippen LogP contribution in [0.25, 0.3) is 16.7 Å². The number of rotatable bonds is 5. The zero-order chi connectivity index (χ0) is 23.5. The first kappa shape index (κ1) is 22.4. The predicted molar refractivity (Wildman–Crippen MR) is 135 cm³/mol. The fraction of sp³-hybridized carbons (Fsp3) is 0.200. The standard InChI is InChI=1S/C25H25N5O2S/c1-5-32-24(31)20-14-26-30(23(20)29-25(33)27-18-9-7-6-8-10-18)21-13-16(3)19-12-15(2)11-17(4)22(19)28-21/h6-14H,5H2,1-4H3,(H2,27,29,33). The maximum atomic E-state index is 12.6. The number of thiocarbonyl (C=S) groups is 1. The first-order valence-corrected chi connectivity index (χ1v) is 11.1. The number of pyridine rings is 1. The SMILES string of the molecule is CCOC(=O)c1cnn(-c2cc(C)c3cc(C)cc(C)c3n2)c1NC(=S)Nc1ccccc1. The van der Waals surface area contributed by atoms with Gasteiger partial charge < -0.3 is 15.4 Å². The van der Waals surface area contributed by atoms with Crippen molar-refractivity contribution < 1.29 is 9.53 Å². The van der Waals surface area contributed by atoms with Gasteiger partial charge in [-0.3, -0.25) is 0 Å². The number of nitrogens with one attached hydrogen (secondary N) is 2. The van der Waals surface area contributed by atoms with E-state index < -0.39 is 5.97 Å². The predicted octanol–water partition coefficient (Wildman–Crippen LogP) is 5.33. The van der Waals surface area contributed by atoms with Gasteiger partial charge in [-0.05, 0) is 75.3 Å². The molecule has 2 aromatic heterocycles. The zero-order valence-electron chi connectivity index (χ0n) is 19.0. The molecule has 8 heteroatoms. The lowest BCUT2D eigenvalue weighted by molar-refractivity contribution is 0.0527. The maximum Gasteiger partial charge on any atom is 0.343 e. The number of para-hydroxylation sites is 1. The minimum Gasteiger partial charge on any atom is -0.462 e. The number of anilines is 2. The molecule has 33 heavy (non-hydrogen) atoms. The summed E-state index contributed by atoms with van der Waals surface area (Å²) in [5, 5.41) is 12.1. The Balaban J connectivity index is 1.78. The maximum absolute atomic E-state index is 12.6. The van der Waals surface area contributed by atoms with E-state index in [0.29, 0.717) is 16.7 Å². The average molecular weight is 460 g/mol. The van der Waals surface area contributed by atoms with Gasteiger partial charge >= 0.3 is 5.97 Å². The molecule has 0 unspecified atom stereocenters. The highest BCUT2D eigenvalue weighted by Crippen LogP contribution is 2.27. The minimum atomic E-state index is -0.488. The zero-order valence-corrected chi connectivity index (χ0v) is 19.8. The van der Waals surface area contributed by atoms with Crippen molar-refractivity contribution >= 4 is 45.7 Å². The molecule has 0 fully saturated rings. The largest absolute Gasteiger partial charge is 0.462 e. The van der Waals surface area contributed by atoms with Crippen molar-refractivity contribution in [1.82, 2.24) is 14.8 Å². The van der Waals surface area contributed by atoms with Gasteiger partial charge in [0.05, 0.1) is 18.3 Å². The van der Waals surface area contributed by atoms with Crippen molar-refractivity contribution in [2.24, 2.45) is 0 Å². The summed E-state index contributed by atoms with van der Waals surface area (Å²) < 4.78 is 6.81. The Kier molecular flexibility index (Phi) is 6.37. The van der Waals surface area contributed by atoms with Crippen molar-refractivity contribution in [2.45, 2.75) is 27.7 Å². The monoisotopic (exact) mass is 459 g/mol. The van der Waals surface area contributed by atoms with Crippen molar-refractivity contribution in [3.63, 3.8) is 0 Å². The van der Waals surface area contributed by atoms with Gasteiger partial charge in [0, 0.05) is 11.1 Å². The summed E-state index contributed by atoms with van der Waals surface area (Å²) in [6.07, 6.45) is 1.47. The minimum absolute atomic E-state index is 0.252. The topological polar surface area (TPSA) is 81.1 Å². The summed E-state index contributed by atoms with van der Waals surface area (Å²) in [6.45, 7) is 8.16. The molecule has 7 nitrogen and oxygen atoms in total. The van der Waals surface area contributed by atoms with Gasteiger partial charge in [0.25, 0.3) is 0 Å². The molecule has 0 atom stereocenters. The van der Waals surface area contributed by atoms with E-state index in [2.05, 4.69) is 34.8 Å². The number of aromatic nitrogens is 3. The fourth-order valence-corrected chi connectivity index (χ4v) is 3.94. The van der Waals surface area contributed by atoms with Crippen LogP contribution in [0.2, 0.25) is 0 Å². The van der Waals surface area contributed by atoms with Crippen molar-refractivity contribution in [2.75, 3.05) is 17.2 Å². The Morgan fingerprint density at radius 2 is 1.82 bits per heavy atom. The lowest BCUT2D eigenvalue weighted by Crippen LogP contribution is -2.23. The molecule has 2 heterocycles. The van der Waals surface area contributed by atoms with E-state index in [0.717, 1.165) is 27.7 Å². The van der Waals surface area contributed by atoms with Gasteiger partial charge in [-0.1, -0.05) is 29.8 Å². The van der Waals surface area contributed by atoms with E-state index in [1.165, 1.54) is 11.8 Å². The molecule has 0 spiro atoms. The van der Waals surface area contributed by atoms with E-state index in [4.69, 9.17) is 21.9 Å². The molecule has 0 bridgehead atoms. The highest BCUT2D eigenvalue weighted by molar-refractivity contribution is 7.80. The van der Waals surface area contributed by atoms with E-state index in [9.17, 15) is 4.79 Å². The summed E-state index contributed by atoms with van der Waals surface area (Å²) >= 11 is 5.51. The summed E-state index contributed by atoms with van der Waals surface area (Å²) in [6, 6.07) is 15.7. The Hall–Kier alpha value is -3.78. The number of nitrogens with zero attached hydrogens (tertiary/aromatic N) is 3. The number of aryl methyl sites for hydroxylation is 3. The van der Waals surface area contributed by atoms with E-state index >= 15 is 0 Å². The lowest BCUT2D eigenvalue weighted by Gasteiger charge is -2.15. The Labute approximate surface area is 197 Å². The van der Waals surface area contributed by atoms with E-state index in [1.807, 2.05) is 50.2 Å². The van der Waals surface area contributed by atoms with Gasteiger partial charge in [0.2, 0.25) is 0 Å². The number of carbonyl (C=O) groups is 1. The Bertz CT molecular complexity index is 1350. The highest BCUT2D eigenvalue weighted by atomic mass is 32.1. The molecule has 0 saturated heterocycles. The molecular formula is C25H25N5O2S. The number of hydrogen-bond acceptors (Lipinski definition) is 5. The van der Waals surface area contributed by atoms with Gasteiger partial charge in [-0.25, -0.2) is 9.78 Å². The Morgan fingerprint density at radius 1 is 1.06 bits per heavy atom. The van der Waals surface area contributed by atoms with Crippen LogP contribution in [0, 0.1) is 20.8 Å². The van der Waals surface area contributed by atoms with Gasteiger partial charge in [0.15, 0.2) is 16.7 Å². The second kappa shape index (κ2) is 9.38. The van der Waals surface area contributed by atoms with Crippen LogP contribution in [0.4, 0.5) is 11.5 Å². The van der Waals surface area contributed by atoms with Crippen LogP contribution in [-0.2, 0) is 4.74 Å². The van der Waals surface area contributed by atoms with Crippen LogP contribution < -0.4 is 10.6 Å². The van der Waals surface area contributed by atoms with E-state index in [1.54, 1.807) is 11.6 Å². The van der Waals surface area contributed by atoms with Crippen LogP contribution in [0.15, 0.2) is 54.7 Å². The molecular weight excluding hydrogens is 434 g/mol. The first-order chi connectivity index (χ1) is 15.9. The Morgan fingerprint density at radius 3 is 2.55 bits per heavy atom. The van der Waals surface area contributed by atoms with Crippen molar-refractivity contribution in [1.29, 1.82) is 0 Å². The molecule has 168 valence electrons. The number of fused-ring (bicyclic) bond motifs is 1. The first-order valence-electron chi connectivity index (χ1n) is 10.6. The van der Waals surface area contributed by atoms with E-state index in [-0.39, 0.29) is 12.2 Å². The van der Waals surface area contributed by atoms with Crippen LogP contribution in [0.3, 0.4) is 0 Å². The molecule has 0 amide bonds. The second-order valence-electron chi connectivity index (χ2n) is 7.76.